The Balaban J connectivity index is 1.84. The van der Waals surface area contributed by atoms with Gasteiger partial charge in [-0.15, -0.1) is 0 Å². The number of thioether (sulfide) groups is 1. The minimum absolute atomic E-state index is 0.0741. The monoisotopic (exact) mass is 507 g/mol. The van der Waals surface area contributed by atoms with Gasteiger partial charge in [-0.05, 0) is 77.6 Å². The second-order valence-corrected chi connectivity index (χ2v) is 10.4. The summed E-state index contributed by atoms with van der Waals surface area (Å²) in [4.78, 5) is 23.4. The van der Waals surface area contributed by atoms with Crippen LogP contribution >= 0.6 is 35.0 Å². The number of halogens is 2. The Hall–Kier alpha value is -2.60. The summed E-state index contributed by atoms with van der Waals surface area (Å²) in [5.74, 6) is 0.822. The van der Waals surface area contributed by atoms with Crippen molar-refractivity contribution in [3.8, 4) is 11.1 Å². The molecule has 2 aromatic carbocycles. The van der Waals surface area contributed by atoms with Crippen LogP contribution in [-0.4, -0.2) is 20.3 Å². The van der Waals surface area contributed by atoms with Gasteiger partial charge in [-0.2, -0.15) is 0 Å². The lowest BCUT2D eigenvalue weighted by Crippen LogP contribution is -2.23. The molecule has 1 aliphatic rings. The number of hydrogen-bond donors (Lipinski definition) is 0. The highest BCUT2D eigenvalue weighted by Crippen LogP contribution is 2.40. The first-order valence-corrected chi connectivity index (χ1v) is 13.0. The van der Waals surface area contributed by atoms with Crippen molar-refractivity contribution in [3.05, 3.63) is 85.8 Å². The predicted octanol–water partition coefficient (Wildman–Crippen LogP) is 7.29. The summed E-state index contributed by atoms with van der Waals surface area (Å²) in [6.07, 6.45) is 4.91. The summed E-state index contributed by atoms with van der Waals surface area (Å²) < 4.78 is 1.64. The molecule has 172 valence electrons. The summed E-state index contributed by atoms with van der Waals surface area (Å²) in [7, 11) is 1.78. The minimum Gasteiger partial charge on any atom is -0.290 e. The first-order chi connectivity index (χ1) is 16.5. The van der Waals surface area contributed by atoms with E-state index in [0.29, 0.717) is 26.2 Å². The third kappa shape index (κ3) is 4.28. The number of pyridine rings is 1. The third-order valence-corrected chi connectivity index (χ3v) is 7.50. The van der Waals surface area contributed by atoms with E-state index in [1.807, 2.05) is 55.5 Å². The Morgan fingerprint density at radius 3 is 2.35 bits per heavy atom. The lowest BCUT2D eigenvalue weighted by molar-refractivity contribution is 0.721. The summed E-state index contributed by atoms with van der Waals surface area (Å²) in [6, 6.07) is 15.5. The van der Waals surface area contributed by atoms with Crippen molar-refractivity contribution >= 4 is 57.6 Å². The van der Waals surface area contributed by atoms with Crippen LogP contribution in [0.25, 0.3) is 33.8 Å². The molecule has 0 bridgehead atoms. The smallest absolute Gasteiger partial charge is 0.264 e. The van der Waals surface area contributed by atoms with Crippen molar-refractivity contribution in [1.82, 2.24) is 14.5 Å². The van der Waals surface area contributed by atoms with Gasteiger partial charge in [0.05, 0.1) is 11.1 Å². The van der Waals surface area contributed by atoms with Crippen LogP contribution in [0.2, 0.25) is 10.0 Å². The molecule has 0 amide bonds. The summed E-state index contributed by atoms with van der Waals surface area (Å²) >= 11 is 13.8. The van der Waals surface area contributed by atoms with Crippen LogP contribution in [-0.2, 0) is 13.5 Å². The van der Waals surface area contributed by atoms with Crippen molar-refractivity contribution in [2.45, 2.75) is 31.3 Å². The first-order valence-electron chi connectivity index (χ1n) is 11.2. The molecule has 0 saturated carbocycles. The highest BCUT2D eigenvalue weighted by atomic mass is 35.5. The SMILES string of the molecule is CCSc1nc2nc3c(c(-c4ccc(Cl)cc4)c2c(=O)n1C)CCC/C3=C\c1ccc(Cl)cc1. The maximum atomic E-state index is 13.6. The number of allylic oxidation sites excluding steroid dienone is 1. The van der Waals surface area contributed by atoms with E-state index >= 15 is 0 Å². The maximum absolute atomic E-state index is 13.6. The molecule has 4 aromatic rings. The molecule has 0 unspecified atom stereocenters. The molecule has 0 atom stereocenters. The quantitative estimate of drug-likeness (QED) is 0.215. The summed E-state index contributed by atoms with van der Waals surface area (Å²) in [5, 5.41) is 2.61. The average molecular weight is 508 g/mol. The number of rotatable bonds is 4. The molecular weight excluding hydrogens is 485 g/mol. The fourth-order valence-corrected chi connectivity index (χ4v) is 5.43. The fraction of sp³-hybridized carbons (Fsp3) is 0.222. The molecule has 1 aliphatic carbocycles. The zero-order chi connectivity index (χ0) is 23.8. The van der Waals surface area contributed by atoms with Gasteiger partial charge in [0, 0.05) is 22.7 Å². The number of fused-ring (bicyclic) bond motifs is 2. The molecule has 0 saturated heterocycles. The van der Waals surface area contributed by atoms with Gasteiger partial charge in [-0.3, -0.25) is 9.36 Å². The van der Waals surface area contributed by atoms with Crippen LogP contribution in [0.5, 0.6) is 0 Å². The van der Waals surface area contributed by atoms with E-state index in [-0.39, 0.29) is 5.56 Å². The Morgan fingerprint density at radius 2 is 1.68 bits per heavy atom. The predicted molar refractivity (Wildman–Crippen MR) is 144 cm³/mol. The van der Waals surface area contributed by atoms with E-state index in [1.165, 1.54) is 0 Å². The molecule has 0 N–H and O–H groups in total. The van der Waals surface area contributed by atoms with Crippen LogP contribution in [0.15, 0.2) is 58.5 Å². The molecule has 4 nitrogen and oxygen atoms in total. The van der Waals surface area contributed by atoms with Gasteiger partial charge in [0.15, 0.2) is 10.8 Å². The Morgan fingerprint density at radius 1 is 1.00 bits per heavy atom. The first kappa shape index (κ1) is 23.2. The van der Waals surface area contributed by atoms with E-state index in [0.717, 1.165) is 58.5 Å². The minimum atomic E-state index is -0.0741. The number of hydrogen-bond acceptors (Lipinski definition) is 4. The highest BCUT2D eigenvalue weighted by molar-refractivity contribution is 7.99. The lowest BCUT2D eigenvalue weighted by Gasteiger charge is -2.23. The van der Waals surface area contributed by atoms with Crippen molar-refractivity contribution in [1.29, 1.82) is 0 Å². The van der Waals surface area contributed by atoms with E-state index < -0.39 is 0 Å². The largest absolute Gasteiger partial charge is 0.290 e. The summed E-state index contributed by atoms with van der Waals surface area (Å²) in [5.41, 5.74) is 6.52. The van der Waals surface area contributed by atoms with Crippen molar-refractivity contribution in [3.63, 3.8) is 0 Å². The van der Waals surface area contributed by atoms with Gasteiger partial charge < -0.3 is 0 Å². The van der Waals surface area contributed by atoms with Gasteiger partial charge in [-0.25, -0.2) is 9.97 Å². The highest BCUT2D eigenvalue weighted by Gasteiger charge is 2.25. The second kappa shape index (κ2) is 9.57. The molecular formula is C27H23Cl2N3OS. The zero-order valence-corrected chi connectivity index (χ0v) is 21.3. The van der Waals surface area contributed by atoms with E-state index in [2.05, 4.69) is 6.08 Å². The van der Waals surface area contributed by atoms with Crippen molar-refractivity contribution < 1.29 is 0 Å². The Bertz CT molecular complexity index is 1480. The average Bonchev–Trinajstić information content (AvgIpc) is 2.84. The maximum Gasteiger partial charge on any atom is 0.264 e. The third-order valence-electron chi connectivity index (χ3n) is 6.08. The molecule has 7 heteroatoms. The van der Waals surface area contributed by atoms with Gasteiger partial charge in [-0.1, -0.05) is 66.2 Å². The molecule has 0 fully saturated rings. The number of aromatic nitrogens is 3. The molecule has 0 aliphatic heterocycles. The topological polar surface area (TPSA) is 47.8 Å². The fourth-order valence-electron chi connectivity index (χ4n) is 4.49. The van der Waals surface area contributed by atoms with Gasteiger partial charge >= 0.3 is 0 Å². The molecule has 2 aromatic heterocycles. The second-order valence-electron chi connectivity index (χ2n) is 8.29. The van der Waals surface area contributed by atoms with Crippen LogP contribution in [0.4, 0.5) is 0 Å². The Kier molecular flexibility index (Phi) is 6.52. The van der Waals surface area contributed by atoms with Crippen LogP contribution in [0.1, 0.15) is 36.6 Å². The van der Waals surface area contributed by atoms with Crippen molar-refractivity contribution in [2.24, 2.45) is 7.05 Å². The Labute approximate surface area is 212 Å². The van der Waals surface area contributed by atoms with Crippen molar-refractivity contribution in [2.75, 3.05) is 5.75 Å². The van der Waals surface area contributed by atoms with E-state index in [1.54, 1.807) is 23.4 Å². The van der Waals surface area contributed by atoms with Crippen LogP contribution in [0.3, 0.4) is 0 Å². The molecule has 0 spiro atoms. The van der Waals surface area contributed by atoms with Crippen LogP contribution in [0, 0.1) is 0 Å². The molecule has 2 heterocycles. The van der Waals surface area contributed by atoms with Gasteiger partial charge in [0.1, 0.15) is 0 Å². The normalized spacial score (nSPS) is 14.5. The van der Waals surface area contributed by atoms with Gasteiger partial charge in [0.25, 0.3) is 5.56 Å². The molecule has 0 radical (unpaired) electrons. The van der Waals surface area contributed by atoms with E-state index in [4.69, 9.17) is 33.2 Å². The number of benzene rings is 2. The van der Waals surface area contributed by atoms with Crippen LogP contribution < -0.4 is 5.56 Å². The van der Waals surface area contributed by atoms with Gasteiger partial charge in [0.2, 0.25) is 0 Å². The number of nitrogens with zero attached hydrogens (tertiary/aromatic N) is 3. The summed E-state index contributed by atoms with van der Waals surface area (Å²) in [6.45, 7) is 2.05. The standard InChI is InChI=1S/C27H23Cl2N3OS/c1-3-34-27-31-25-23(26(33)32(27)2)22(17-9-13-20(29)14-10-17)21-6-4-5-18(24(21)30-25)15-16-7-11-19(28)12-8-16/h7-15H,3-6H2,1-2H3/b18-15+. The lowest BCUT2D eigenvalue weighted by atomic mass is 9.84. The zero-order valence-electron chi connectivity index (χ0n) is 18.9. The molecule has 34 heavy (non-hydrogen) atoms. The molecule has 5 rings (SSSR count). The van der Waals surface area contributed by atoms with E-state index in [9.17, 15) is 4.79 Å².